The zero-order chi connectivity index (χ0) is 15.9. The average Bonchev–Trinajstić information content (AvgIpc) is 2.89. The molecular weight excluding hydrogens is 282 g/mol. The summed E-state index contributed by atoms with van der Waals surface area (Å²) in [4.78, 5) is 18.6. The van der Waals surface area contributed by atoms with Crippen LogP contribution >= 0.6 is 0 Å². The van der Waals surface area contributed by atoms with Crippen molar-refractivity contribution in [3.8, 4) is 0 Å². The van der Waals surface area contributed by atoms with Gasteiger partial charge in [-0.3, -0.25) is 4.79 Å². The van der Waals surface area contributed by atoms with Crippen LogP contribution in [-0.4, -0.2) is 34.8 Å². The van der Waals surface area contributed by atoms with E-state index in [0.29, 0.717) is 36.0 Å². The molecule has 1 aromatic rings. The zero-order valence-electron chi connectivity index (χ0n) is 13.8. The summed E-state index contributed by atoms with van der Waals surface area (Å²) in [5.74, 6) is 2.04. The van der Waals surface area contributed by atoms with Crippen molar-refractivity contribution in [1.29, 1.82) is 0 Å². The highest BCUT2D eigenvalue weighted by molar-refractivity contribution is 5.70. The minimum atomic E-state index is -0.405. The fraction of sp³-hybridized carbons (Fsp3) is 0.812. The summed E-state index contributed by atoms with van der Waals surface area (Å²) in [7, 11) is 0. The van der Waals surface area contributed by atoms with Crippen molar-refractivity contribution in [1.82, 2.24) is 10.1 Å². The lowest BCUT2D eigenvalue weighted by Crippen LogP contribution is -2.43. The number of aromatic nitrogens is 2. The monoisotopic (exact) mass is 307 g/mol. The second kappa shape index (κ2) is 5.56. The van der Waals surface area contributed by atoms with E-state index in [4.69, 9.17) is 9.26 Å². The summed E-state index contributed by atoms with van der Waals surface area (Å²) in [5, 5.41) is 3.87. The minimum absolute atomic E-state index is 0.0727. The fourth-order valence-corrected chi connectivity index (χ4v) is 3.81. The van der Waals surface area contributed by atoms with Crippen LogP contribution < -0.4 is 4.90 Å². The SMILES string of the molecule is Cc1noc(N2C[C@H]3CC[C@@H](C2)C3CC(=O)OC(C)(C)C)n1. The van der Waals surface area contributed by atoms with Crippen LogP contribution in [0.3, 0.4) is 0 Å². The van der Waals surface area contributed by atoms with Crippen molar-refractivity contribution < 1.29 is 14.1 Å². The van der Waals surface area contributed by atoms with Gasteiger partial charge in [0.25, 0.3) is 0 Å². The maximum Gasteiger partial charge on any atom is 0.324 e. The van der Waals surface area contributed by atoms with Crippen LogP contribution in [0.1, 0.15) is 45.9 Å². The number of carbonyl (C=O) groups excluding carboxylic acids is 1. The fourth-order valence-electron chi connectivity index (χ4n) is 3.81. The zero-order valence-corrected chi connectivity index (χ0v) is 13.8. The van der Waals surface area contributed by atoms with Gasteiger partial charge in [-0.2, -0.15) is 4.98 Å². The van der Waals surface area contributed by atoms with E-state index in [1.807, 2.05) is 27.7 Å². The van der Waals surface area contributed by atoms with E-state index in [9.17, 15) is 4.79 Å². The Bertz CT molecular complexity index is 535. The van der Waals surface area contributed by atoms with Crippen molar-refractivity contribution in [2.75, 3.05) is 18.0 Å². The van der Waals surface area contributed by atoms with Crippen LogP contribution in [-0.2, 0) is 9.53 Å². The van der Waals surface area contributed by atoms with Gasteiger partial charge in [0.2, 0.25) is 0 Å². The van der Waals surface area contributed by atoms with Gasteiger partial charge in [-0.05, 0) is 58.3 Å². The Morgan fingerprint density at radius 3 is 2.45 bits per heavy atom. The number of piperidine rings is 1. The summed E-state index contributed by atoms with van der Waals surface area (Å²) in [6.45, 7) is 9.37. The van der Waals surface area contributed by atoms with Gasteiger partial charge in [0.1, 0.15) is 5.60 Å². The van der Waals surface area contributed by atoms with Crippen molar-refractivity contribution in [3.05, 3.63) is 5.82 Å². The number of ether oxygens (including phenoxy) is 1. The molecule has 0 amide bonds. The van der Waals surface area contributed by atoms with Gasteiger partial charge < -0.3 is 14.2 Å². The molecule has 0 N–H and O–H groups in total. The lowest BCUT2D eigenvalue weighted by Gasteiger charge is -2.36. The molecule has 1 aliphatic carbocycles. The van der Waals surface area contributed by atoms with Gasteiger partial charge in [0.15, 0.2) is 5.82 Å². The molecule has 0 aromatic carbocycles. The molecule has 3 rings (SSSR count). The molecule has 6 nitrogen and oxygen atoms in total. The number of nitrogens with zero attached hydrogens (tertiary/aromatic N) is 3. The maximum absolute atomic E-state index is 12.1. The average molecular weight is 307 g/mol. The number of fused-ring (bicyclic) bond motifs is 2. The van der Waals surface area contributed by atoms with Crippen LogP contribution in [0.15, 0.2) is 4.52 Å². The van der Waals surface area contributed by atoms with Crippen LogP contribution in [0.25, 0.3) is 0 Å². The molecule has 0 radical (unpaired) electrons. The number of aryl methyl sites for hydroxylation is 1. The van der Waals surface area contributed by atoms with E-state index in [0.717, 1.165) is 13.1 Å². The standard InChI is InChI=1S/C16H25N3O3/c1-10-17-15(22-18-10)19-8-11-5-6-12(9-19)13(11)7-14(20)21-16(2,3)4/h11-13H,5-9H2,1-4H3/t11-,12+,13?. The van der Waals surface area contributed by atoms with Crippen LogP contribution in [0.5, 0.6) is 0 Å². The molecule has 1 aromatic heterocycles. The van der Waals surface area contributed by atoms with Gasteiger partial charge in [0.05, 0.1) is 0 Å². The van der Waals surface area contributed by atoms with E-state index in [-0.39, 0.29) is 5.97 Å². The van der Waals surface area contributed by atoms with Gasteiger partial charge in [-0.25, -0.2) is 0 Å². The first-order chi connectivity index (χ1) is 10.3. The molecule has 2 aliphatic rings. The molecule has 3 atom stereocenters. The molecule has 122 valence electrons. The Labute approximate surface area is 131 Å². The highest BCUT2D eigenvalue weighted by Crippen LogP contribution is 2.44. The van der Waals surface area contributed by atoms with E-state index in [1.165, 1.54) is 12.8 Å². The number of rotatable bonds is 3. The number of hydrogen-bond acceptors (Lipinski definition) is 6. The molecule has 2 bridgehead atoms. The van der Waals surface area contributed by atoms with Gasteiger partial charge >= 0.3 is 12.0 Å². The summed E-state index contributed by atoms with van der Waals surface area (Å²) >= 11 is 0. The summed E-state index contributed by atoms with van der Waals surface area (Å²) in [6.07, 6.45) is 2.87. The molecule has 1 aliphatic heterocycles. The first-order valence-corrected chi connectivity index (χ1v) is 8.09. The van der Waals surface area contributed by atoms with Gasteiger partial charge in [-0.1, -0.05) is 5.16 Å². The molecule has 22 heavy (non-hydrogen) atoms. The number of anilines is 1. The summed E-state index contributed by atoms with van der Waals surface area (Å²) < 4.78 is 10.8. The Kier molecular flexibility index (Phi) is 3.87. The molecule has 1 saturated heterocycles. The van der Waals surface area contributed by atoms with Crippen LogP contribution in [0.2, 0.25) is 0 Å². The van der Waals surface area contributed by atoms with E-state index in [2.05, 4.69) is 15.0 Å². The summed E-state index contributed by atoms with van der Waals surface area (Å²) in [6, 6.07) is 0.616. The minimum Gasteiger partial charge on any atom is -0.460 e. The molecule has 0 spiro atoms. The van der Waals surface area contributed by atoms with Crippen LogP contribution in [0, 0.1) is 24.7 Å². The molecule has 2 heterocycles. The van der Waals surface area contributed by atoms with Crippen molar-refractivity contribution >= 4 is 12.0 Å². The predicted molar refractivity (Wildman–Crippen MR) is 81.4 cm³/mol. The van der Waals surface area contributed by atoms with E-state index in [1.54, 1.807) is 0 Å². The molecule has 6 heteroatoms. The van der Waals surface area contributed by atoms with Crippen molar-refractivity contribution in [2.24, 2.45) is 17.8 Å². The first-order valence-electron chi connectivity index (χ1n) is 8.09. The Morgan fingerprint density at radius 2 is 1.95 bits per heavy atom. The number of hydrogen-bond donors (Lipinski definition) is 0. The molecule has 1 unspecified atom stereocenters. The summed E-state index contributed by atoms with van der Waals surface area (Å²) in [5.41, 5.74) is -0.405. The smallest absolute Gasteiger partial charge is 0.324 e. The predicted octanol–water partition coefficient (Wildman–Crippen LogP) is 2.57. The quantitative estimate of drug-likeness (QED) is 0.799. The maximum atomic E-state index is 12.1. The van der Waals surface area contributed by atoms with Crippen molar-refractivity contribution in [3.63, 3.8) is 0 Å². The third-order valence-corrected chi connectivity index (χ3v) is 4.64. The number of esters is 1. The van der Waals surface area contributed by atoms with E-state index >= 15 is 0 Å². The Balaban J connectivity index is 1.62. The third kappa shape index (κ3) is 3.25. The lowest BCUT2D eigenvalue weighted by molar-refractivity contribution is -0.156. The molecule has 2 fully saturated rings. The highest BCUT2D eigenvalue weighted by atomic mass is 16.6. The second-order valence-corrected chi connectivity index (χ2v) is 7.58. The third-order valence-electron chi connectivity index (χ3n) is 4.64. The van der Waals surface area contributed by atoms with Gasteiger partial charge in [-0.15, -0.1) is 0 Å². The topological polar surface area (TPSA) is 68.5 Å². The first kappa shape index (κ1) is 15.3. The normalized spacial score (nSPS) is 28.0. The molecule has 1 saturated carbocycles. The largest absolute Gasteiger partial charge is 0.460 e. The van der Waals surface area contributed by atoms with Crippen molar-refractivity contribution in [2.45, 2.75) is 52.6 Å². The number of carbonyl (C=O) groups is 1. The van der Waals surface area contributed by atoms with Crippen LogP contribution in [0.4, 0.5) is 6.01 Å². The lowest BCUT2D eigenvalue weighted by atomic mass is 9.83. The molecular formula is C16H25N3O3. The van der Waals surface area contributed by atoms with Gasteiger partial charge in [0, 0.05) is 19.5 Å². The Hall–Kier alpha value is -1.59. The second-order valence-electron chi connectivity index (χ2n) is 7.58. The Morgan fingerprint density at radius 1 is 1.32 bits per heavy atom. The van der Waals surface area contributed by atoms with E-state index < -0.39 is 5.60 Å². The highest BCUT2D eigenvalue weighted by Gasteiger charge is 2.44.